The lowest BCUT2D eigenvalue weighted by Crippen LogP contribution is -2.22. The lowest BCUT2D eigenvalue weighted by atomic mass is 10.1. The molecule has 0 rings (SSSR count). The SMILES string of the molecule is CC(CCCNC=O)C(N)=O. The van der Waals surface area contributed by atoms with Crippen LogP contribution >= 0.6 is 0 Å². The minimum absolute atomic E-state index is 0.0940. The zero-order chi connectivity index (χ0) is 8.69. The van der Waals surface area contributed by atoms with E-state index in [1.165, 1.54) is 0 Å². The largest absolute Gasteiger partial charge is 0.369 e. The fourth-order valence-corrected chi connectivity index (χ4v) is 0.711. The second-order valence-electron chi connectivity index (χ2n) is 2.52. The maximum atomic E-state index is 10.5. The molecule has 2 amide bonds. The average molecular weight is 158 g/mol. The van der Waals surface area contributed by atoms with E-state index in [9.17, 15) is 9.59 Å². The van der Waals surface area contributed by atoms with Gasteiger partial charge >= 0.3 is 0 Å². The Morgan fingerprint density at radius 3 is 2.82 bits per heavy atom. The van der Waals surface area contributed by atoms with E-state index in [2.05, 4.69) is 5.32 Å². The molecule has 0 spiro atoms. The minimum Gasteiger partial charge on any atom is -0.369 e. The fourth-order valence-electron chi connectivity index (χ4n) is 0.711. The molecule has 0 saturated heterocycles. The van der Waals surface area contributed by atoms with Gasteiger partial charge in [-0.05, 0) is 12.8 Å². The van der Waals surface area contributed by atoms with Gasteiger partial charge in [0, 0.05) is 12.5 Å². The lowest BCUT2D eigenvalue weighted by molar-refractivity contribution is -0.121. The van der Waals surface area contributed by atoms with Crippen molar-refractivity contribution in [3.8, 4) is 0 Å². The number of hydrogen-bond acceptors (Lipinski definition) is 2. The standard InChI is InChI=1S/C7H14N2O2/c1-6(7(8)11)3-2-4-9-5-10/h5-6H,2-4H2,1H3,(H2,8,11)(H,9,10). The van der Waals surface area contributed by atoms with E-state index in [0.29, 0.717) is 13.0 Å². The van der Waals surface area contributed by atoms with Crippen LogP contribution in [0.4, 0.5) is 0 Å². The van der Waals surface area contributed by atoms with Gasteiger partial charge in [-0.25, -0.2) is 0 Å². The molecule has 4 heteroatoms. The maximum Gasteiger partial charge on any atom is 0.220 e. The maximum absolute atomic E-state index is 10.5. The Bertz CT molecular complexity index is 136. The third kappa shape index (κ3) is 5.39. The highest BCUT2D eigenvalue weighted by atomic mass is 16.1. The van der Waals surface area contributed by atoms with Crippen molar-refractivity contribution >= 4 is 12.3 Å². The highest BCUT2D eigenvalue weighted by molar-refractivity contribution is 5.76. The van der Waals surface area contributed by atoms with Crippen molar-refractivity contribution in [3.05, 3.63) is 0 Å². The highest BCUT2D eigenvalue weighted by Gasteiger charge is 2.06. The first-order chi connectivity index (χ1) is 5.18. The highest BCUT2D eigenvalue weighted by Crippen LogP contribution is 2.02. The summed E-state index contributed by atoms with van der Waals surface area (Å²) in [4.78, 5) is 20.3. The van der Waals surface area contributed by atoms with Crippen LogP contribution in [-0.2, 0) is 9.59 Å². The van der Waals surface area contributed by atoms with Gasteiger partial charge < -0.3 is 11.1 Å². The summed E-state index contributed by atoms with van der Waals surface area (Å²) < 4.78 is 0. The van der Waals surface area contributed by atoms with Crippen LogP contribution < -0.4 is 11.1 Å². The van der Waals surface area contributed by atoms with E-state index in [1.807, 2.05) is 0 Å². The summed E-state index contributed by atoms with van der Waals surface area (Å²) in [6.45, 7) is 2.39. The zero-order valence-corrected chi connectivity index (χ0v) is 6.67. The monoisotopic (exact) mass is 158 g/mol. The molecule has 0 bridgehead atoms. The predicted molar refractivity (Wildman–Crippen MR) is 41.7 cm³/mol. The summed E-state index contributed by atoms with van der Waals surface area (Å²) in [5.41, 5.74) is 5.02. The summed E-state index contributed by atoms with van der Waals surface area (Å²) in [6.07, 6.45) is 2.17. The summed E-state index contributed by atoms with van der Waals surface area (Å²) in [7, 11) is 0. The molecule has 0 aliphatic heterocycles. The quantitative estimate of drug-likeness (QED) is 0.409. The van der Waals surface area contributed by atoms with Gasteiger partial charge in [0.25, 0.3) is 0 Å². The molecule has 0 aliphatic carbocycles. The molecular weight excluding hydrogens is 144 g/mol. The second kappa shape index (κ2) is 5.70. The summed E-state index contributed by atoms with van der Waals surface area (Å²) in [5, 5.41) is 2.51. The molecule has 3 N–H and O–H groups in total. The molecule has 0 fully saturated rings. The van der Waals surface area contributed by atoms with Crippen LogP contribution in [0.15, 0.2) is 0 Å². The second-order valence-corrected chi connectivity index (χ2v) is 2.52. The van der Waals surface area contributed by atoms with Gasteiger partial charge in [0.2, 0.25) is 12.3 Å². The Morgan fingerprint density at radius 2 is 2.36 bits per heavy atom. The Balaban J connectivity index is 3.24. The van der Waals surface area contributed by atoms with Gasteiger partial charge in [0.1, 0.15) is 0 Å². The van der Waals surface area contributed by atoms with Crippen LogP contribution in [0, 0.1) is 5.92 Å². The number of nitrogens with two attached hydrogens (primary N) is 1. The van der Waals surface area contributed by atoms with Gasteiger partial charge in [0.05, 0.1) is 0 Å². The molecule has 11 heavy (non-hydrogen) atoms. The summed E-state index contributed by atoms with van der Waals surface area (Å²) >= 11 is 0. The van der Waals surface area contributed by atoms with Crippen LogP contribution in [-0.4, -0.2) is 18.9 Å². The molecule has 0 heterocycles. The van der Waals surface area contributed by atoms with E-state index in [1.54, 1.807) is 6.92 Å². The van der Waals surface area contributed by atoms with E-state index in [4.69, 9.17) is 5.73 Å². The number of amides is 2. The van der Waals surface area contributed by atoms with E-state index < -0.39 is 0 Å². The Hall–Kier alpha value is -1.06. The molecule has 0 saturated carbocycles. The topological polar surface area (TPSA) is 72.2 Å². The third-order valence-electron chi connectivity index (χ3n) is 1.53. The Labute approximate surface area is 66.1 Å². The number of nitrogens with one attached hydrogen (secondary N) is 1. The third-order valence-corrected chi connectivity index (χ3v) is 1.53. The summed E-state index contributed by atoms with van der Waals surface area (Å²) in [6, 6.07) is 0. The normalized spacial score (nSPS) is 12.1. The number of primary amides is 1. The van der Waals surface area contributed by atoms with Crippen LogP contribution in [0.2, 0.25) is 0 Å². The van der Waals surface area contributed by atoms with Crippen LogP contribution in [0.25, 0.3) is 0 Å². The van der Waals surface area contributed by atoms with Gasteiger partial charge in [0.15, 0.2) is 0 Å². The fraction of sp³-hybridized carbons (Fsp3) is 0.714. The van der Waals surface area contributed by atoms with E-state index >= 15 is 0 Å². The van der Waals surface area contributed by atoms with Crippen LogP contribution in [0.3, 0.4) is 0 Å². The molecule has 1 atom stereocenters. The molecule has 0 aromatic rings. The number of rotatable bonds is 6. The Kier molecular flexibility index (Phi) is 5.15. The minimum atomic E-state index is -0.281. The number of hydrogen-bond donors (Lipinski definition) is 2. The molecule has 4 nitrogen and oxygen atoms in total. The molecule has 0 aromatic heterocycles. The van der Waals surface area contributed by atoms with Crippen molar-refractivity contribution in [2.75, 3.05) is 6.54 Å². The number of carbonyl (C=O) groups is 2. The zero-order valence-electron chi connectivity index (χ0n) is 6.67. The lowest BCUT2D eigenvalue weighted by Gasteiger charge is -2.05. The van der Waals surface area contributed by atoms with Crippen LogP contribution in [0.1, 0.15) is 19.8 Å². The van der Waals surface area contributed by atoms with Gasteiger partial charge in [-0.1, -0.05) is 6.92 Å². The first-order valence-corrected chi connectivity index (χ1v) is 3.65. The van der Waals surface area contributed by atoms with Crippen molar-refractivity contribution in [2.24, 2.45) is 11.7 Å². The molecule has 0 aromatic carbocycles. The van der Waals surface area contributed by atoms with Crippen molar-refractivity contribution in [2.45, 2.75) is 19.8 Å². The average Bonchev–Trinajstić information content (AvgIpc) is 1.97. The molecule has 1 unspecified atom stereocenters. The van der Waals surface area contributed by atoms with E-state index in [-0.39, 0.29) is 11.8 Å². The van der Waals surface area contributed by atoms with Gasteiger partial charge in [-0.15, -0.1) is 0 Å². The van der Waals surface area contributed by atoms with Crippen molar-refractivity contribution < 1.29 is 9.59 Å². The van der Waals surface area contributed by atoms with Crippen molar-refractivity contribution in [1.29, 1.82) is 0 Å². The van der Waals surface area contributed by atoms with Gasteiger partial charge in [-0.3, -0.25) is 9.59 Å². The van der Waals surface area contributed by atoms with Crippen LogP contribution in [0.5, 0.6) is 0 Å². The van der Waals surface area contributed by atoms with Crippen molar-refractivity contribution in [3.63, 3.8) is 0 Å². The molecule has 0 radical (unpaired) electrons. The first kappa shape index (κ1) is 9.94. The Morgan fingerprint density at radius 1 is 1.73 bits per heavy atom. The first-order valence-electron chi connectivity index (χ1n) is 3.65. The molecule has 0 aliphatic rings. The summed E-state index contributed by atoms with van der Waals surface area (Å²) in [5.74, 6) is -0.375. The molecule has 64 valence electrons. The molecular formula is C7H14N2O2. The number of carbonyl (C=O) groups excluding carboxylic acids is 2. The van der Waals surface area contributed by atoms with Gasteiger partial charge in [-0.2, -0.15) is 0 Å². The van der Waals surface area contributed by atoms with Crippen molar-refractivity contribution in [1.82, 2.24) is 5.32 Å². The van der Waals surface area contributed by atoms with E-state index in [0.717, 1.165) is 12.8 Å². The smallest absolute Gasteiger partial charge is 0.220 e. The predicted octanol–water partition coefficient (Wildman–Crippen LogP) is -0.366.